The standard InChI is InChI=1S/C11H10BrF2NO5/c1-2-19-10(16)9-6(5-12)3-7(15(17)18)4-8(9)20-11(13)14/h3-4,11H,2,5H2,1H3. The summed E-state index contributed by atoms with van der Waals surface area (Å²) in [5.41, 5.74) is -0.578. The molecule has 0 atom stereocenters. The number of rotatable bonds is 6. The van der Waals surface area contributed by atoms with E-state index in [0.29, 0.717) is 0 Å². The van der Waals surface area contributed by atoms with Gasteiger partial charge in [0.05, 0.1) is 17.6 Å². The maximum atomic E-state index is 12.4. The Balaban J connectivity index is 3.43. The van der Waals surface area contributed by atoms with E-state index in [9.17, 15) is 23.7 Å². The van der Waals surface area contributed by atoms with E-state index in [1.165, 1.54) is 0 Å². The third-order valence-electron chi connectivity index (χ3n) is 2.22. The summed E-state index contributed by atoms with van der Waals surface area (Å²) in [6.07, 6.45) is 0. The van der Waals surface area contributed by atoms with Crippen molar-refractivity contribution in [1.29, 1.82) is 0 Å². The van der Waals surface area contributed by atoms with Crippen LogP contribution in [0.4, 0.5) is 14.5 Å². The average Bonchev–Trinajstić information content (AvgIpc) is 2.36. The molecule has 6 nitrogen and oxygen atoms in total. The van der Waals surface area contributed by atoms with Gasteiger partial charge in [-0.1, -0.05) is 15.9 Å². The molecule has 0 aliphatic carbocycles. The monoisotopic (exact) mass is 353 g/mol. The van der Waals surface area contributed by atoms with Crippen LogP contribution in [-0.2, 0) is 10.1 Å². The number of nitro groups is 1. The van der Waals surface area contributed by atoms with E-state index in [1.54, 1.807) is 6.92 Å². The highest BCUT2D eigenvalue weighted by Crippen LogP contribution is 2.32. The lowest BCUT2D eigenvalue weighted by Crippen LogP contribution is -2.13. The van der Waals surface area contributed by atoms with Gasteiger partial charge in [-0.25, -0.2) is 4.79 Å². The second-order valence-electron chi connectivity index (χ2n) is 3.47. The lowest BCUT2D eigenvalue weighted by Gasteiger charge is -2.13. The normalized spacial score (nSPS) is 10.4. The Morgan fingerprint density at radius 3 is 2.60 bits per heavy atom. The zero-order valence-corrected chi connectivity index (χ0v) is 11.9. The van der Waals surface area contributed by atoms with Crippen LogP contribution in [0.15, 0.2) is 12.1 Å². The van der Waals surface area contributed by atoms with Crippen LogP contribution in [0.1, 0.15) is 22.8 Å². The van der Waals surface area contributed by atoms with Crippen molar-refractivity contribution < 1.29 is 28.0 Å². The minimum absolute atomic E-state index is 0.0334. The molecular formula is C11H10BrF2NO5. The van der Waals surface area contributed by atoms with E-state index in [4.69, 9.17) is 4.74 Å². The number of benzene rings is 1. The summed E-state index contributed by atoms with van der Waals surface area (Å²) in [4.78, 5) is 21.8. The Morgan fingerprint density at radius 2 is 2.15 bits per heavy atom. The van der Waals surface area contributed by atoms with Gasteiger partial charge in [-0.05, 0) is 12.5 Å². The van der Waals surface area contributed by atoms with Crippen molar-refractivity contribution in [3.63, 3.8) is 0 Å². The number of esters is 1. The average molecular weight is 354 g/mol. The van der Waals surface area contributed by atoms with Crippen LogP contribution in [-0.4, -0.2) is 24.1 Å². The highest BCUT2D eigenvalue weighted by molar-refractivity contribution is 9.08. The summed E-state index contributed by atoms with van der Waals surface area (Å²) < 4.78 is 33.6. The molecule has 9 heteroatoms. The second-order valence-corrected chi connectivity index (χ2v) is 4.03. The lowest BCUT2D eigenvalue weighted by atomic mass is 10.1. The number of non-ortho nitro benzene ring substituents is 1. The predicted octanol–water partition coefficient (Wildman–Crippen LogP) is 3.27. The summed E-state index contributed by atoms with van der Waals surface area (Å²) in [7, 11) is 0. The Labute approximate surface area is 120 Å². The zero-order chi connectivity index (χ0) is 15.3. The van der Waals surface area contributed by atoms with Crippen LogP contribution in [0.2, 0.25) is 0 Å². The van der Waals surface area contributed by atoms with E-state index >= 15 is 0 Å². The molecule has 0 aromatic heterocycles. The van der Waals surface area contributed by atoms with E-state index in [0.717, 1.165) is 12.1 Å². The molecule has 1 aromatic rings. The molecule has 0 amide bonds. The number of halogens is 3. The summed E-state index contributed by atoms with van der Waals surface area (Å²) in [5.74, 6) is -1.46. The SMILES string of the molecule is CCOC(=O)c1c(CBr)cc([N+](=O)[O-])cc1OC(F)F. The van der Waals surface area contributed by atoms with Crippen molar-refractivity contribution in [2.45, 2.75) is 18.9 Å². The number of alkyl halides is 3. The first-order valence-electron chi connectivity index (χ1n) is 5.39. The molecule has 0 saturated carbocycles. The summed E-state index contributed by atoms with van der Waals surface area (Å²) in [6.45, 7) is -1.63. The summed E-state index contributed by atoms with van der Waals surface area (Å²) in [5, 5.41) is 10.8. The van der Waals surface area contributed by atoms with Crippen LogP contribution in [0.3, 0.4) is 0 Å². The van der Waals surface area contributed by atoms with E-state index in [-0.39, 0.29) is 23.1 Å². The van der Waals surface area contributed by atoms with Gasteiger partial charge in [-0.15, -0.1) is 0 Å². The third-order valence-corrected chi connectivity index (χ3v) is 2.82. The van der Waals surface area contributed by atoms with Crippen molar-refractivity contribution in [1.82, 2.24) is 0 Å². The first kappa shape index (κ1) is 16.3. The quantitative estimate of drug-likeness (QED) is 0.339. The molecule has 110 valence electrons. The van der Waals surface area contributed by atoms with E-state index in [1.807, 2.05) is 0 Å². The van der Waals surface area contributed by atoms with E-state index in [2.05, 4.69) is 20.7 Å². The Kier molecular flexibility index (Phi) is 5.81. The van der Waals surface area contributed by atoms with Crippen molar-refractivity contribution in [3.05, 3.63) is 33.4 Å². The number of carbonyl (C=O) groups excluding carboxylic acids is 1. The fourth-order valence-corrected chi connectivity index (χ4v) is 1.93. The van der Waals surface area contributed by atoms with Gasteiger partial charge in [0, 0.05) is 11.4 Å². The first-order chi connectivity index (χ1) is 9.40. The smallest absolute Gasteiger partial charge is 0.387 e. The van der Waals surface area contributed by atoms with Crippen molar-refractivity contribution in [3.8, 4) is 5.75 Å². The fourth-order valence-electron chi connectivity index (χ4n) is 1.49. The molecule has 1 rings (SSSR count). The van der Waals surface area contributed by atoms with Crippen molar-refractivity contribution in [2.24, 2.45) is 0 Å². The number of ether oxygens (including phenoxy) is 2. The van der Waals surface area contributed by atoms with Gasteiger partial charge >= 0.3 is 12.6 Å². The second kappa shape index (κ2) is 7.13. The van der Waals surface area contributed by atoms with Crippen LogP contribution >= 0.6 is 15.9 Å². The molecule has 0 bridgehead atoms. The number of hydrogen-bond donors (Lipinski definition) is 0. The van der Waals surface area contributed by atoms with Gasteiger partial charge < -0.3 is 9.47 Å². The number of nitro benzene ring substituents is 1. The highest BCUT2D eigenvalue weighted by atomic mass is 79.9. The predicted molar refractivity (Wildman–Crippen MR) is 68.3 cm³/mol. The van der Waals surface area contributed by atoms with Crippen molar-refractivity contribution >= 4 is 27.6 Å². The highest BCUT2D eigenvalue weighted by Gasteiger charge is 2.25. The molecule has 0 aliphatic rings. The van der Waals surface area contributed by atoms with Gasteiger partial charge in [-0.3, -0.25) is 10.1 Å². The molecule has 0 unspecified atom stereocenters. The Bertz CT molecular complexity index is 524. The molecule has 0 spiro atoms. The van der Waals surface area contributed by atoms with Crippen LogP contribution in [0.25, 0.3) is 0 Å². The molecule has 0 heterocycles. The number of carbonyl (C=O) groups is 1. The van der Waals surface area contributed by atoms with Crippen LogP contribution in [0.5, 0.6) is 5.75 Å². The Morgan fingerprint density at radius 1 is 1.50 bits per heavy atom. The van der Waals surface area contributed by atoms with E-state index < -0.39 is 28.9 Å². The molecule has 20 heavy (non-hydrogen) atoms. The maximum Gasteiger partial charge on any atom is 0.387 e. The molecular weight excluding hydrogens is 344 g/mol. The molecule has 0 radical (unpaired) electrons. The fraction of sp³-hybridized carbons (Fsp3) is 0.364. The molecule has 0 N–H and O–H groups in total. The lowest BCUT2D eigenvalue weighted by molar-refractivity contribution is -0.385. The Hall–Kier alpha value is -1.77. The van der Waals surface area contributed by atoms with Gasteiger partial charge in [0.25, 0.3) is 5.69 Å². The summed E-state index contributed by atoms with van der Waals surface area (Å²) in [6, 6.07) is 1.86. The van der Waals surface area contributed by atoms with Gasteiger partial charge in [0.2, 0.25) is 0 Å². The largest absolute Gasteiger partial charge is 0.462 e. The molecule has 0 saturated heterocycles. The zero-order valence-electron chi connectivity index (χ0n) is 10.3. The molecule has 0 aliphatic heterocycles. The van der Waals surface area contributed by atoms with Gasteiger partial charge in [0.1, 0.15) is 11.3 Å². The minimum atomic E-state index is -3.21. The number of nitrogens with zero attached hydrogens (tertiary/aromatic N) is 1. The van der Waals surface area contributed by atoms with Crippen LogP contribution in [0, 0.1) is 10.1 Å². The molecule has 1 aromatic carbocycles. The van der Waals surface area contributed by atoms with Gasteiger partial charge in [0.15, 0.2) is 0 Å². The van der Waals surface area contributed by atoms with Crippen LogP contribution < -0.4 is 4.74 Å². The topological polar surface area (TPSA) is 78.7 Å². The molecule has 0 fully saturated rings. The minimum Gasteiger partial charge on any atom is -0.462 e. The third kappa shape index (κ3) is 3.86. The summed E-state index contributed by atoms with van der Waals surface area (Å²) >= 11 is 3.04. The van der Waals surface area contributed by atoms with Crippen molar-refractivity contribution in [2.75, 3.05) is 6.61 Å². The maximum absolute atomic E-state index is 12.4. The van der Waals surface area contributed by atoms with Gasteiger partial charge in [-0.2, -0.15) is 8.78 Å². The number of hydrogen-bond acceptors (Lipinski definition) is 5. The first-order valence-corrected chi connectivity index (χ1v) is 6.52.